The topological polar surface area (TPSA) is 91.4 Å². The second kappa shape index (κ2) is 7.92. The zero-order valence-electron chi connectivity index (χ0n) is 15.6. The van der Waals surface area contributed by atoms with Gasteiger partial charge in [0, 0.05) is 24.3 Å². The molecule has 0 saturated carbocycles. The van der Waals surface area contributed by atoms with E-state index in [0.29, 0.717) is 30.2 Å². The Morgan fingerprint density at radius 1 is 0.897 bits per heavy atom. The van der Waals surface area contributed by atoms with Crippen molar-refractivity contribution in [3.05, 3.63) is 72.9 Å². The molecule has 0 aliphatic carbocycles. The Labute approximate surface area is 169 Å². The fourth-order valence-electron chi connectivity index (χ4n) is 3.14. The summed E-state index contributed by atoms with van der Waals surface area (Å²) in [6.07, 6.45) is 2.81. The SMILES string of the molecule is O=C1CCCN1c1ccc(S(=O)(=O)Nc2ccc(Nc3ccccc3)nc2)cc1. The van der Waals surface area contributed by atoms with Gasteiger partial charge in [-0.2, -0.15) is 0 Å². The second-order valence-electron chi connectivity index (χ2n) is 6.67. The lowest BCUT2D eigenvalue weighted by Crippen LogP contribution is -2.23. The van der Waals surface area contributed by atoms with Gasteiger partial charge in [-0.1, -0.05) is 18.2 Å². The highest BCUT2D eigenvalue weighted by molar-refractivity contribution is 7.92. The number of rotatable bonds is 6. The highest BCUT2D eigenvalue weighted by atomic mass is 32.2. The number of para-hydroxylation sites is 1. The van der Waals surface area contributed by atoms with Gasteiger partial charge in [0.05, 0.1) is 16.8 Å². The Hall–Kier alpha value is -3.39. The van der Waals surface area contributed by atoms with Gasteiger partial charge < -0.3 is 10.2 Å². The van der Waals surface area contributed by atoms with Gasteiger partial charge >= 0.3 is 0 Å². The summed E-state index contributed by atoms with van der Waals surface area (Å²) < 4.78 is 27.8. The van der Waals surface area contributed by atoms with E-state index < -0.39 is 10.0 Å². The lowest BCUT2D eigenvalue weighted by atomic mass is 10.3. The van der Waals surface area contributed by atoms with E-state index in [4.69, 9.17) is 0 Å². The largest absolute Gasteiger partial charge is 0.340 e. The summed E-state index contributed by atoms with van der Waals surface area (Å²) in [7, 11) is -3.75. The van der Waals surface area contributed by atoms with E-state index >= 15 is 0 Å². The maximum atomic E-state index is 12.6. The van der Waals surface area contributed by atoms with Crippen LogP contribution in [0.25, 0.3) is 0 Å². The first-order chi connectivity index (χ1) is 14.0. The molecule has 29 heavy (non-hydrogen) atoms. The van der Waals surface area contributed by atoms with Crippen LogP contribution in [0.2, 0.25) is 0 Å². The number of sulfonamides is 1. The van der Waals surface area contributed by atoms with Crippen LogP contribution in [0.4, 0.5) is 22.9 Å². The first kappa shape index (κ1) is 18.9. The molecule has 8 heteroatoms. The van der Waals surface area contributed by atoms with Gasteiger partial charge in [-0.3, -0.25) is 9.52 Å². The molecule has 4 rings (SSSR count). The predicted molar refractivity (Wildman–Crippen MR) is 113 cm³/mol. The average molecular weight is 408 g/mol. The molecule has 0 spiro atoms. The fourth-order valence-corrected chi connectivity index (χ4v) is 4.18. The molecule has 0 radical (unpaired) electrons. The summed E-state index contributed by atoms with van der Waals surface area (Å²) in [5, 5.41) is 3.14. The molecule has 1 saturated heterocycles. The molecule has 0 bridgehead atoms. The molecule has 1 aromatic heterocycles. The number of carbonyl (C=O) groups is 1. The molecule has 2 aromatic carbocycles. The standard InChI is InChI=1S/C21H20N4O3S/c26-21-7-4-14-25(21)18-9-11-19(12-10-18)29(27,28)24-17-8-13-20(22-15-17)23-16-5-2-1-3-6-16/h1-3,5-6,8-13,15,24H,4,7,14H2,(H,22,23). The third kappa shape index (κ3) is 4.38. The van der Waals surface area contributed by atoms with Crippen LogP contribution in [0, 0.1) is 0 Å². The number of hydrogen-bond acceptors (Lipinski definition) is 5. The number of pyridine rings is 1. The molecule has 1 aliphatic heterocycles. The first-order valence-electron chi connectivity index (χ1n) is 9.23. The predicted octanol–water partition coefficient (Wildman–Crippen LogP) is 3.75. The molecular weight excluding hydrogens is 388 g/mol. The third-order valence-corrected chi connectivity index (χ3v) is 5.99. The Balaban J connectivity index is 1.44. The Morgan fingerprint density at radius 2 is 1.66 bits per heavy atom. The van der Waals surface area contributed by atoms with Gasteiger partial charge in [-0.05, 0) is 55.0 Å². The molecule has 1 fully saturated rings. The van der Waals surface area contributed by atoms with E-state index in [2.05, 4.69) is 15.0 Å². The van der Waals surface area contributed by atoms with E-state index in [0.717, 1.165) is 12.1 Å². The summed E-state index contributed by atoms with van der Waals surface area (Å²) in [6.45, 7) is 0.665. The maximum Gasteiger partial charge on any atom is 0.261 e. The molecule has 1 amide bonds. The fraction of sp³-hybridized carbons (Fsp3) is 0.143. The van der Waals surface area contributed by atoms with Gasteiger partial charge in [0.25, 0.3) is 10.0 Å². The lowest BCUT2D eigenvalue weighted by Gasteiger charge is -2.16. The van der Waals surface area contributed by atoms with Crippen molar-refractivity contribution in [3.63, 3.8) is 0 Å². The highest BCUT2D eigenvalue weighted by Crippen LogP contribution is 2.24. The molecule has 3 aromatic rings. The van der Waals surface area contributed by atoms with Gasteiger partial charge in [-0.15, -0.1) is 0 Å². The highest BCUT2D eigenvalue weighted by Gasteiger charge is 2.22. The quantitative estimate of drug-likeness (QED) is 0.648. The molecule has 0 unspecified atom stereocenters. The van der Waals surface area contributed by atoms with E-state index in [9.17, 15) is 13.2 Å². The molecule has 1 aliphatic rings. The maximum absolute atomic E-state index is 12.6. The minimum absolute atomic E-state index is 0.0639. The number of aromatic nitrogens is 1. The lowest BCUT2D eigenvalue weighted by molar-refractivity contribution is -0.117. The molecule has 2 heterocycles. The summed E-state index contributed by atoms with van der Waals surface area (Å²) >= 11 is 0. The van der Waals surface area contributed by atoms with Crippen molar-refractivity contribution in [1.82, 2.24) is 4.98 Å². The number of amides is 1. The summed E-state index contributed by atoms with van der Waals surface area (Å²) in [6, 6.07) is 19.2. The Morgan fingerprint density at radius 3 is 2.28 bits per heavy atom. The second-order valence-corrected chi connectivity index (χ2v) is 8.35. The van der Waals surface area contributed by atoms with Crippen molar-refractivity contribution in [2.45, 2.75) is 17.7 Å². The van der Waals surface area contributed by atoms with Crippen LogP contribution in [-0.2, 0) is 14.8 Å². The van der Waals surface area contributed by atoms with Crippen LogP contribution in [0.5, 0.6) is 0 Å². The minimum Gasteiger partial charge on any atom is -0.340 e. The van der Waals surface area contributed by atoms with Crippen molar-refractivity contribution in [2.75, 3.05) is 21.5 Å². The first-order valence-corrected chi connectivity index (χ1v) is 10.7. The Bertz CT molecular complexity index is 1100. The van der Waals surface area contributed by atoms with Crippen molar-refractivity contribution in [2.24, 2.45) is 0 Å². The van der Waals surface area contributed by atoms with E-state index in [1.165, 1.54) is 18.3 Å². The number of hydrogen-bond donors (Lipinski definition) is 2. The normalized spacial score (nSPS) is 14.1. The van der Waals surface area contributed by atoms with E-state index in [1.807, 2.05) is 30.3 Å². The number of anilines is 4. The van der Waals surface area contributed by atoms with Gasteiger partial charge in [0.1, 0.15) is 5.82 Å². The monoisotopic (exact) mass is 408 g/mol. The number of nitrogens with one attached hydrogen (secondary N) is 2. The van der Waals surface area contributed by atoms with Crippen LogP contribution >= 0.6 is 0 Å². The molecule has 0 atom stereocenters. The minimum atomic E-state index is -3.75. The summed E-state index contributed by atoms with van der Waals surface area (Å²) in [5.41, 5.74) is 1.97. The van der Waals surface area contributed by atoms with Crippen LogP contribution < -0.4 is 14.9 Å². The van der Waals surface area contributed by atoms with Gasteiger partial charge in [0.2, 0.25) is 5.91 Å². The molecular formula is C21H20N4O3S. The van der Waals surface area contributed by atoms with Crippen molar-refractivity contribution in [3.8, 4) is 0 Å². The number of carbonyl (C=O) groups excluding carboxylic acids is 1. The smallest absolute Gasteiger partial charge is 0.261 e. The molecule has 2 N–H and O–H groups in total. The molecule has 148 valence electrons. The summed E-state index contributed by atoms with van der Waals surface area (Å²) in [5.74, 6) is 0.674. The number of nitrogens with zero attached hydrogens (tertiary/aromatic N) is 2. The van der Waals surface area contributed by atoms with Crippen molar-refractivity contribution in [1.29, 1.82) is 0 Å². The van der Waals surface area contributed by atoms with E-state index in [1.54, 1.807) is 29.2 Å². The van der Waals surface area contributed by atoms with Crippen LogP contribution in [0.3, 0.4) is 0 Å². The average Bonchev–Trinajstić information content (AvgIpc) is 3.16. The zero-order chi connectivity index (χ0) is 20.3. The van der Waals surface area contributed by atoms with E-state index in [-0.39, 0.29) is 10.8 Å². The van der Waals surface area contributed by atoms with Crippen LogP contribution in [0.15, 0.2) is 77.8 Å². The van der Waals surface area contributed by atoms with Crippen LogP contribution in [-0.4, -0.2) is 25.9 Å². The number of benzene rings is 2. The third-order valence-electron chi connectivity index (χ3n) is 4.59. The van der Waals surface area contributed by atoms with Gasteiger partial charge in [0.15, 0.2) is 0 Å². The van der Waals surface area contributed by atoms with Crippen LogP contribution in [0.1, 0.15) is 12.8 Å². The summed E-state index contributed by atoms with van der Waals surface area (Å²) in [4.78, 5) is 17.9. The zero-order valence-corrected chi connectivity index (χ0v) is 16.4. The van der Waals surface area contributed by atoms with Crippen molar-refractivity contribution >= 4 is 38.8 Å². The Kier molecular flexibility index (Phi) is 5.18. The van der Waals surface area contributed by atoms with Crippen molar-refractivity contribution < 1.29 is 13.2 Å². The molecule has 7 nitrogen and oxygen atoms in total. The van der Waals surface area contributed by atoms with Gasteiger partial charge in [-0.25, -0.2) is 13.4 Å².